The Labute approximate surface area is 151 Å². The van der Waals surface area contributed by atoms with Gasteiger partial charge in [0.05, 0.1) is 13.2 Å². The van der Waals surface area contributed by atoms with Gasteiger partial charge < -0.3 is 14.5 Å². The molecule has 1 aromatic heterocycles. The Bertz CT molecular complexity index is 522. The number of carbonyl (C=O) groups excluding carboxylic acids is 1. The Hall–Kier alpha value is -0.860. The minimum absolute atomic E-state index is 0.0848. The number of furan rings is 1. The van der Waals surface area contributed by atoms with Crippen LogP contribution in [0.25, 0.3) is 6.08 Å². The summed E-state index contributed by atoms with van der Waals surface area (Å²) in [6.07, 6.45) is 4.30. The molecule has 1 N–H and O–H groups in total. The molecule has 1 saturated heterocycles. The smallest absolute Gasteiger partial charge is 0.244 e. The maximum Gasteiger partial charge on any atom is 0.244 e. The first kappa shape index (κ1) is 18.5. The van der Waals surface area contributed by atoms with Crippen LogP contribution in [-0.2, 0) is 9.53 Å². The maximum absolute atomic E-state index is 12.0. The molecule has 0 bridgehead atoms. The number of amides is 1. The monoisotopic (exact) mass is 432 g/mol. The molecule has 1 aliphatic heterocycles. The third-order valence-electron chi connectivity index (χ3n) is 3.81. The summed E-state index contributed by atoms with van der Waals surface area (Å²) in [7, 11) is 0. The summed E-state index contributed by atoms with van der Waals surface area (Å²) < 4.78 is 11.6. The van der Waals surface area contributed by atoms with E-state index in [4.69, 9.17) is 9.15 Å². The van der Waals surface area contributed by atoms with Gasteiger partial charge in [-0.1, -0.05) is 13.8 Å². The lowest BCUT2D eigenvalue weighted by Gasteiger charge is -2.35. The number of rotatable bonds is 7. The first-order valence-corrected chi connectivity index (χ1v) is 9.15. The summed E-state index contributed by atoms with van der Waals surface area (Å²) in [6, 6.07) is 4.08. The molecule has 5 nitrogen and oxygen atoms in total. The molecule has 2 rings (SSSR count). The Morgan fingerprint density at radius 1 is 1.39 bits per heavy atom. The SMILES string of the molecule is CC(C)CC(CNC(=O)/C=C/c1ccc(I)o1)N1CCOCC1. The van der Waals surface area contributed by atoms with Gasteiger partial charge in [0.15, 0.2) is 3.77 Å². The predicted octanol–water partition coefficient (Wildman–Crippen LogP) is 2.76. The number of carbonyl (C=O) groups is 1. The second-order valence-electron chi connectivity index (χ2n) is 6.15. The number of nitrogens with zero attached hydrogens (tertiary/aromatic N) is 1. The van der Waals surface area contributed by atoms with E-state index in [0.717, 1.165) is 36.5 Å². The molecule has 128 valence electrons. The fourth-order valence-corrected chi connectivity index (χ4v) is 3.14. The second kappa shape index (κ2) is 9.44. The summed E-state index contributed by atoms with van der Waals surface area (Å²) >= 11 is 2.10. The summed E-state index contributed by atoms with van der Waals surface area (Å²) in [4.78, 5) is 14.4. The van der Waals surface area contributed by atoms with Gasteiger partial charge in [0.25, 0.3) is 0 Å². The zero-order chi connectivity index (χ0) is 16.7. The molecule has 1 aromatic rings. The largest absolute Gasteiger partial charge is 0.451 e. The molecule has 2 heterocycles. The molecule has 0 spiro atoms. The minimum atomic E-state index is -0.0848. The molecule has 1 aliphatic rings. The van der Waals surface area contributed by atoms with Gasteiger partial charge >= 0.3 is 0 Å². The van der Waals surface area contributed by atoms with Crippen molar-refractivity contribution in [1.82, 2.24) is 10.2 Å². The summed E-state index contributed by atoms with van der Waals surface area (Å²) in [5, 5.41) is 3.01. The molecule has 0 radical (unpaired) electrons. The number of ether oxygens (including phenoxy) is 1. The van der Waals surface area contributed by atoms with Gasteiger partial charge in [-0.05, 0) is 53.1 Å². The van der Waals surface area contributed by atoms with Crippen molar-refractivity contribution in [2.75, 3.05) is 32.8 Å². The van der Waals surface area contributed by atoms with Crippen molar-refractivity contribution in [3.63, 3.8) is 0 Å². The molecule has 0 saturated carbocycles. The van der Waals surface area contributed by atoms with E-state index in [1.807, 2.05) is 12.1 Å². The lowest BCUT2D eigenvalue weighted by Crippen LogP contribution is -2.49. The van der Waals surface area contributed by atoms with Crippen molar-refractivity contribution < 1.29 is 13.9 Å². The lowest BCUT2D eigenvalue weighted by atomic mass is 10.0. The quantitative estimate of drug-likeness (QED) is 0.532. The topological polar surface area (TPSA) is 54.7 Å². The molecule has 6 heteroatoms. The van der Waals surface area contributed by atoms with Crippen LogP contribution in [0.15, 0.2) is 22.6 Å². The number of nitrogens with one attached hydrogen (secondary N) is 1. The predicted molar refractivity (Wildman–Crippen MR) is 99.1 cm³/mol. The molecule has 23 heavy (non-hydrogen) atoms. The van der Waals surface area contributed by atoms with Gasteiger partial charge in [-0.2, -0.15) is 0 Å². The van der Waals surface area contributed by atoms with E-state index in [1.165, 1.54) is 6.08 Å². The summed E-state index contributed by atoms with van der Waals surface area (Å²) in [5.74, 6) is 1.20. The highest BCUT2D eigenvalue weighted by Gasteiger charge is 2.22. The number of hydrogen-bond acceptors (Lipinski definition) is 4. The maximum atomic E-state index is 12.0. The third kappa shape index (κ3) is 6.64. The zero-order valence-electron chi connectivity index (χ0n) is 13.8. The first-order chi connectivity index (χ1) is 11.0. The molecular formula is C17H25IN2O3. The Balaban J connectivity index is 1.84. The van der Waals surface area contributed by atoms with Crippen LogP contribution in [0.3, 0.4) is 0 Å². The van der Waals surface area contributed by atoms with Crippen molar-refractivity contribution in [3.8, 4) is 0 Å². The summed E-state index contributed by atoms with van der Waals surface area (Å²) in [5.41, 5.74) is 0. The fourth-order valence-electron chi connectivity index (χ4n) is 2.70. The Morgan fingerprint density at radius 3 is 2.74 bits per heavy atom. The number of halogens is 1. The average molecular weight is 432 g/mol. The van der Waals surface area contributed by atoms with Gasteiger partial charge in [-0.3, -0.25) is 9.69 Å². The molecule has 1 fully saturated rings. The van der Waals surface area contributed by atoms with Crippen molar-refractivity contribution in [1.29, 1.82) is 0 Å². The second-order valence-corrected chi connectivity index (χ2v) is 7.22. The van der Waals surface area contributed by atoms with E-state index >= 15 is 0 Å². The van der Waals surface area contributed by atoms with Gasteiger partial charge in [-0.25, -0.2) is 0 Å². The molecule has 1 amide bonds. The van der Waals surface area contributed by atoms with Gasteiger partial charge in [-0.15, -0.1) is 0 Å². The van der Waals surface area contributed by atoms with Crippen LogP contribution in [0.5, 0.6) is 0 Å². The Morgan fingerprint density at radius 2 is 2.13 bits per heavy atom. The average Bonchev–Trinajstić information content (AvgIpc) is 2.95. The molecule has 0 aromatic carbocycles. The van der Waals surface area contributed by atoms with Crippen LogP contribution in [0.1, 0.15) is 26.0 Å². The molecule has 0 aliphatic carbocycles. The third-order valence-corrected chi connectivity index (χ3v) is 4.39. The molecule has 1 atom stereocenters. The lowest BCUT2D eigenvalue weighted by molar-refractivity contribution is -0.116. The van der Waals surface area contributed by atoms with Crippen LogP contribution in [0, 0.1) is 9.68 Å². The van der Waals surface area contributed by atoms with Crippen molar-refractivity contribution in [2.45, 2.75) is 26.3 Å². The van der Waals surface area contributed by atoms with Crippen LogP contribution in [0.4, 0.5) is 0 Å². The molecule has 1 unspecified atom stereocenters. The van der Waals surface area contributed by atoms with Crippen LogP contribution >= 0.6 is 22.6 Å². The van der Waals surface area contributed by atoms with E-state index in [0.29, 0.717) is 24.3 Å². The highest BCUT2D eigenvalue weighted by molar-refractivity contribution is 14.1. The highest BCUT2D eigenvalue weighted by atomic mass is 127. The minimum Gasteiger partial charge on any atom is -0.451 e. The van der Waals surface area contributed by atoms with Crippen molar-refractivity contribution >= 4 is 34.6 Å². The van der Waals surface area contributed by atoms with Crippen LogP contribution < -0.4 is 5.32 Å². The van der Waals surface area contributed by atoms with Gasteiger partial charge in [0.1, 0.15) is 5.76 Å². The van der Waals surface area contributed by atoms with Crippen molar-refractivity contribution in [2.24, 2.45) is 5.92 Å². The van der Waals surface area contributed by atoms with E-state index in [-0.39, 0.29) is 5.91 Å². The van der Waals surface area contributed by atoms with Crippen molar-refractivity contribution in [3.05, 3.63) is 27.7 Å². The van der Waals surface area contributed by atoms with E-state index in [9.17, 15) is 4.79 Å². The van der Waals surface area contributed by atoms with Crippen LogP contribution in [0.2, 0.25) is 0 Å². The summed E-state index contributed by atoms with van der Waals surface area (Å²) in [6.45, 7) is 8.53. The Kier molecular flexibility index (Phi) is 7.58. The normalized spacial score (nSPS) is 17.7. The fraction of sp³-hybridized carbons (Fsp3) is 0.588. The highest BCUT2D eigenvalue weighted by Crippen LogP contribution is 2.13. The number of morpholine rings is 1. The number of hydrogen-bond donors (Lipinski definition) is 1. The zero-order valence-corrected chi connectivity index (χ0v) is 15.9. The van der Waals surface area contributed by atoms with Gasteiger partial charge in [0.2, 0.25) is 5.91 Å². The van der Waals surface area contributed by atoms with E-state index in [2.05, 4.69) is 46.7 Å². The van der Waals surface area contributed by atoms with Gasteiger partial charge in [0, 0.05) is 31.8 Å². The van der Waals surface area contributed by atoms with Crippen LogP contribution in [-0.4, -0.2) is 49.7 Å². The first-order valence-electron chi connectivity index (χ1n) is 8.07. The van der Waals surface area contributed by atoms with E-state index < -0.39 is 0 Å². The standard InChI is InChI=1S/C17H25IN2O3/c1-13(2)11-14(20-7-9-22-10-8-20)12-19-17(21)6-4-15-3-5-16(18)23-15/h3-6,13-14H,7-12H2,1-2H3,(H,19,21)/b6-4+. The van der Waals surface area contributed by atoms with E-state index in [1.54, 1.807) is 6.08 Å². The molecular weight excluding hydrogens is 407 g/mol.